The smallest absolute Gasteiger partial charge is 0.209 e. The van der Waals surface area contributed by atoms with Crippen molar-refractivity contribution in [2.75, 3.05) is 0 Å². The highest BCUT2D eigenvalue weighted by Gasteiger charge is 2.21. The van der Waals surface area contributed by atoms with Crippen LogP contribution in [0.4, 0.5) is 4.39 Å². The lowest BCUT2D eigenvalue weighted by molar-refractivity contribution is 0.423. The molecule has 2 N–H and O–H groups in total. The summed E-state index contributed by atoms with van der Waals surface area (Å²) in [6.07, 6.45) is 4.69. The van der Waals surface area contributed by atoms with E-state index in [9.17, 15) is 4.39 Å². The highest BCUT2D eigenvalue weighted by molar-refractivity contribution is 7.98. The zero-order valence-corrected chi connectivity index (χ0v) is 12.5. The lowest BCUT2D eigenvalue weighted by Gasteiger charge is -2.11. The van der Waals surface area contributed by atoms with Crippen LogP contribution in [0.1, 0.15) is 42.9 Å². The molecule has 1 aliphatic rings. The van der Waals surface area contributed by atoms with Crippen LogP contribution in [0.2, 0.25) is 0 Å². The van der Waals surface area contributed by atoms with Gasteiger partial charge in [-0.2, -0.15) is 0 Å². The Balaban J connectivity index is 1.72. The molecule has 0 unspecified atom stereocenters. The third kappa shape index (κ3) is 3.08. The standard InChI is InChI=1S/C14H18FN5S/c15-13-10(8-16)4-3-5-11(13)9-21-14-17-18-19-20(14)12-6-1-2-7-12/h3-5,12H,1-2,6-9,16H2. The van der Waals surface area contributed by atoms with Crippen molar-refractivity contribution in [1.82, 2.24) is 20.2 Å². The van der Waals surface area contributed by atoms with Gasteiger partial charge in [-0.1, -0.05) is 42.8 Å². The van der Waals surface area contributed by atoms with Gasteiger partial charge in [0, 0.05) is 17.9 Å². The van der Waals surface area contributed by atoms with Crippen LogP contribution in [0.25, 0.3) is 0 Å². The molecule has 1 aliphatic carbocycles. The third-order valence-electron chi connectivity index (χ3n) is 3.87. The summed E-state index contributed by atoms with van der Waals surface area (Å²) in [6.45, 7) is 0.212. The molecule has 0 spiro atoms. The van der Waals surface area contributed by atoms with Gasteiger partial charge >= 0.3 is 0 Å². The van der Waals surface area contributed by atoms with Crippen molar-refractivity contribution in [1.29, 1.82) is 0 Å². The molecule has 1 saturated carbocycles. The molecular formula is C14H18FN5S. The third-order valence-corrected chi connectivity index (χ3v) is 4.85. The Hall–Kier alpha value is -1.47. The Morgan fingerprint density at radius 1 is 1.29 bits per heavy atom. The SMILES string of the molecule is NCc1cccc(CSc2nnnn2C2CCCC2)c1F. The van der Waals surface area contributed by atoms with Crippen LogP contribution >= 0.6 is 11.8 Å². The zero-order valence-electron chi connectivity index (χ0n) is 11.7. The van der Waals surface area contributed by atoms with E-state index < -0.39 is 0 Å². The van der Waals surface area contributed by atoms with Crippen molar-refractivity contribution in [2.45, 2.75) is 49.2 Å². The van der Waals surface area contributed by atoms with Crippen LogP contribution in [0.5, 0.6) is 0 Å². The maximum atomic E-state index is 14.2. The topological polar surface area (TPSA) is 69.6 Å². The molecule has 0 saturated heterocycles. The van der Waals surface area contributed by atoms with Crippen LogP contribution in [0.15, 0.2) is 23.4 Å². The highest BCUT2D eigenvalue weighted by Crippen LogP contribution is 2.32. The van der Waals surface area contributed by atoms with Crippen LogP contribution < -0.4 is 5.73 Å². The van der Waals surface area contributed by atoms with E-state index in [1.807, 2.05) is 10.7 Å². The fraction of sp³-hybridized carbons (Fsp3) is 0.500. The molecule has 5 nitrogen and oxygen atoms in total. The van der Waals surface area contributed by atoms with Crippen molar-refractivity contribution in [3.63, 3.8) is 0 Å². The summed E-state index contributed by atoms with van der Waals surface area (Å²) >= 11 is 1.47. The molecule has 0 bridgehead atoms. The van der Waals surface area contributed by atoms with Gasteiger partial charge in [-0.25, -0.2) is 9.07 Å². The second kappa shape index (κ2) is 6.53. The van der Waals surface area contributed by atoms with Crippen molar-refractivity contribution < 1.29 is 4.39 Å². The van der Waals surface area contributed by atoms with Gasteiger partial charge in [-0.05, 0) is 28.8 Å². The zero-order chi connectivity index (χ0) is 14.7. The average Bonchev–Trinajstić information content (AvgIpc) is 3.17. The molecular weight excluding hydrogens is 289 g/mol. The molecule has 21 heavy (non-hydrogen) atoms. The molecule has 7 heteroatoms. The molecule has 112 valence electrons. The van der Waals surface area contributed by atoms with E-state index in [0.717, 1.165) is 18.0 Å². The van der Waals surface area contributed by atoms with Gasteiger partial charge in [0.15, 0.2) is 0 Å². The molecule has 1 fully saturated rings. The van der Waals surface area contributed by atoms with E-state index in [2.05, 4.69) is 15.5 Å². The lowest BCUT2D eigenvalue weighted by Crippen LogP contribution is -2.08. The second-order valence-corrected chi connectivity index (χ2v) is 6.17. The van der Waals surface area contributed by atoms with E-state index in [1.165, 1.54) is 24.6 Å². The van der Waals surface area contributed by atoms with Gasteiger partial charge in [0.1, 0.15) is 5.82 Å². The predicted octanol–water partition coefficient (Wildman–Crippen LogP) is 2.68. The van der Waals surface area contributed by atoms with Gasteiger partial charge in [-0.15, -0.1) is 5.10 Å². The van der Waals surface area contributed by atoms with Gasteiger partial charge in [-0.3, -0.25) is 0 Å². The first-order valence-corrected chi connectivity index (χ1v) is 8.15. The molecule has 0 aliphatic heterocycles. The lowest BCUT2D eigenvalue weighted by atomic mass is 10.1. The first kappa shape index (κ1) is 14.5. The number of benzene rings is 1. The molecule has 3 rings (SSSR count). The van der Waals surface area contributed by atoms with Crippen LogP contribution in [0.3, 0.4) is 0 Å². The maximum absolute atomic E-state index is 14.2. The Morgan fingerprint density at radius 2 is 2.05 bits per heavy atom. The van der Waals surface area contributed by atoms with Crippen LogP contribution in [0, 0.1) is 5.82 Å². The quantitative estimate of drug-likeness (QED) is 0.860. The fourth-order valence-electron chi connectivity index (χ4n) is 2.70. The van der Waals surface area contributed by atoms with E-state index in [4.69, 9.17) is 5.73 Å². The maximum Gasteiger partial charge on any atom is 0.209 e. The summed E-state index contributed by atoms with van der Waals surface area (Å²) < 4.78 is 16.0. The monoisotopic (exact) mass is 307 g/mol. The minimum absolute atomic E-state index is 0.212. The second-order valence-electron chi connectivity index (χ2n) is 5.23. The highest BCUT2D eigenvalue weighted by atomic mass is 32.2. The van der Waals surface area contributed by atoms with Crippen LogP contribution in [-0.2, 0) is 12.3 Å². The predicted molar refractivity (Wildman–Crippen MR) is 79.2 cm³/mol. The summed E-state index contributed by atoms with van der Waals surface area (Å²) in [5.74, 6) is 0.291. The number of halogens is 1. The summed E-state index contributed by atoms with van der Waals surface area (Å²) in [7, 11) is 0. The number of nitrogens with two attached hydrogens (primary N) is 1. The minimum atomic E-state index is -0.215. The summed E-state index contributed by atoms with van der Waals surface area (Å²) in [4.78, 5) is 0. The van der Waals surface area contributed by atoms with Gasteiger partial charge < -0.3 is 5.73 Å². The molecule has 1 aromatic carbocycles. The number of tetrazole rings is 1. The van der Waals surface area contributed by atoms with Crippen molar-refractivity contribution in [2.24, 2.45) is 5.73 Å². The number of rotatable bonds is 5. The first-order valence-electron chi connectivity index (χ1n) is 7.16. The molecule has 0 atom stereocenters. The number of hydrogen-bond acceptors (Lipinski definition) is 5. The molecule has 2 aromatic rings. The Labute approximate surface area is 127 Å². The van der Waals surface area contributed by atoms with E-state index in [1.54, 1.807) is 12.1 Å². The van der Waals surface area contributed by atoms with Gasteiger partial charge in [0.2, 0.25) is 5.16 Å². The number of nitrogens with zero attached hydrogens (tertiary/aromatic N) is 4. The fourth-order valence-corrected chi connectivity index (χ4v) is 3.62. The molecule has 1 aromatic heterocycles. The number of thioether (sulfide) groups is 1. The normalized spacial score (nSPS) is 15.7. The Kier molecular flexibility index (Phi) is 4.50. The first-order chi connectivity index (χ1) is 10.3. The Morgan fingerprint density at radius 3 is 2.81 bits per heavy atom. The van der Waals surface area contributed by atoms with Crippen LogP contribution in [-0.4, -0.2) is 20.2 Å². The Bertz CT molecular complexity index is 609. The van der Waals surface area contributed by atoms with Crippen molar-refractivity contribution >= 4 is 11.8 Å². The average molecular weight is 307 g/mol. The molecule has 0 amide bonds. The molecule has 1 heterocycles. The van der Waals surface area contributed by atoms with Crippen molar-refractivity contribution in [3.05, 3.63) is 35.1 Å². The van der Waals surface area contributed by atoms with Gasteiger partial charge in [0.25, 0.3) is 0 Å². The summed E-state index contributed by atoms with van der Waals surface area (Å²) in [5.41, 5.74) is 6.72. The molecule has 0 radical (unpaired) electrons. The van der Waals surface area contributed by atoms with E-state index in [-0.39, 0.29) is 12.4 Å². The van der Waals surface area contributed by atoms with E-state index >= 15 is 0 Å². The van der Waals surface area contributed by atoms with E-state index in [0.29, 0.717) is 22.9 Å². The van der Waals surface area contributed by atoms with Crippen molar-refractivity contribution in [3.8, 4) is 0 Å². The summed E-state index contributed by atoms with van der Waals surface area (Å²) in [6, 6.07) is 5.72. The largest absolute Gasteiger partial charge is 0.326 e. The number of aromatic nitrogens is 4. The summed E-state index contributed by atoms with van der Waals surface area (Å²) in [5, 5.41) is 12.7. The van der Waals surface area contributed by atoms with Gasteiger partial charge in [0.05, 0.1) is 6.04 Å². The minimum Gasteiger partial charge on any atom is -0.326 e. The number of hydrogen-bond donors (Lipinski definition) is 1.